The summed E-state index contributed by atoms with van der Waals surface area (Å²) in [5.41, 5.74) is 5.43. The number of hydrogen-bond donors (Lipinski definition) is 0. The quantitative estimate of drug-likeness (QED) is 0.0599. The second-order valence-electron chi connectivity index (χ2n) is 17.2. The first-order chi connectivity index (χ1) is 27.8. The Morgan fingerprint density at radius 3 is 1.93 bits per heavy atom. The molecular formula is C46H57N5O6Si. The van der Waals surface area contributed by atoms with Gasteiger partial charge in [0.2, 0.25) is 0 Å². The van der Waals surface area contributed by atoms with E-state index in [1.54, 1.807) is 13.1 Å². The Morgan fingerprint density at radius 1 is 0.793 bits per heavy atom. The third-order valence-corrected chi connectivity index (χ3v) is 12.8. The summed E-state index contributed by atoms with van der Waals surface area (Å²) in [5.74, 6) is -1.17. The number of nitrogens with zero attached hydrogens (tertiary/aromatic N) is 5. The predicted molar refractivity (Wildman–Crippen MR) is 228 cm³/mol. The van der Waals surface area contributed by atoms with E-state index in [0.717, 1.165) is 39.2 Å². The molecule has 2 fully saturated rings. The van der Waals surface area contributed by atoms with Crippen molar-refractivity contribution in [2.75, 3.05) is 20.8 Å². The normalized spacial score (nSPS) is 20.6. The van der Waals surface area contributed by atoms with Gasteiger partial charge in [0.25, 0.3) is 5.91 Å². The van der Waals surface area contributed by atoms with Gasteiger partial charge >= 0.3 is 6.03 Å². The van der Waals surface area contributed by atoms with E-state index in [0.29, 0.717) is 38.3 Å². The highest BCUT2D eigenvalue weighted by atomic mass is 28.3. The largest absolute Gasteiger partial charge is 0.360 e. The third kappa shape index (κ3) is 9.70. The Labute approximate surface area is 343 Å². The van der Waals surface area contributed by atoms with Crippen LogP contribution in [0.4, 0.5) is 4.79 Å². The minimum Gasteiger partial charge on any atom is -0.360 e. The minimum absolute atomic E-state index is 0.126. The van der Waals surface area contributed by atoms with E-state index < -0.39 is 32.1 Å². The summed E-state index contributed by atoms with van der Waals surface area (Å²) in [5, 5.41) is 6.84. The lowest BCUT2D eigenvalue weighted by molar-refractivity contribution is -0.157. The summed E-state index contributed by atoms with van der Waals surface area (Å²) in [6.07, 6.45) is 2.09. The molecule has 0 bridgehead atoms. The second-order valence-corrected chi connectivity index (χ2v) is 22.8. The van der Waals surface area contributed by atoms with Crippen molar-refractivity contribution in [1.29, 1.82) is 0 Å². The van der Waals surface area contributed by atoms with Crippen molar-refractivity contribution in [1.82, 2.24) is 24.6 Å². The van der Waals surface area contributed by atoms with Crippen LogP contribution in [0.3, 0.4) is 0 Å². The molecule has 3 heterocycles. The van der Waals surface area contributed by atoms with Crippen LogP contribution in [0, 0.1) is 0 Å². The first-order valence-electron chi connectivity index (χ1n) is 20.2. The molecule has 0 N–H and O–H groups in total. The number of aromatic nitrogens is 2. The van der Waals surface area contributed by atoms with E-state index in [1.807, 2.05) is 89.1 Å². The topological polar surface area (TPSA) is 98.6 Å². The van der Waals surface area contributed by atoms with E-state index >= 15 is 4.79 Å². The van der Waals surface area contributed by atoms with Gasteiger partial charge in [-0.3, -0.25) is 9.63 Å². The van der Waals surface area contributed by atoms with Gasteiger partial charge in [-0.1, -0.05) is 98.5 Å². The molecule has 0 spiro atoms. The van der Waals surface area contributed by atoms with Crippen molar-refractivity contribution in [3.8, 4) is 0 Å². The maximum atomic E-state index is 15.6. The molecule has 0 aliphatic carbocycles. The smallest absolute Gasteiger partial charge is 0.321 e. The zero-order valence-electron chi connectivity index (χ0n) is 34.8. The molecule has 2 aliphatic rings. The highest BCUT2D eigenvalue weighted by Gasteiger charge is 2.55. The van der Waals surface area contributed by atoms with Gasteiger partial charge in [0, 0.05) is 45.8 Å². The summed E-state index contributed by atoms with van der Waals surface area (Å²) >= 11 is 0. The van der Waals surface area contributed by atoms with Gasteiger partial charge in [-0.2, -0.15) is 5.10 Å². The molecule has 11 nitrogen and oxygen atoms in total. The van der Waals surface area contributed by atoms with E-state index in [1.165, 1.54) is 12.2 Å². The molecular weight excluding hydrogens is 747 g/mol. The zero-order valence-corrected chi connectivity index (χ0v) is 35.8. The molecule has 7 rings (SSSR count). The van der Waals surface area contributed by atoms with Crippen LogP contribution in [0.25, 0.3) is 10.9 Å². The summed E-state index contributed by atoms with van der Waals surface area (Å²) < 4.78 is 21.7. The number of carbonyl (C=O) groups excluding carboxylic acids is 2. The van der Waals surface area contributed by atoms with E-state index in [4.69, 9.17) is 19.0 Å². The predicted octanol–water partition coefficient (Wildman–Crippen LogP) is 8.16. The zero-order chi connectivity index (χ0) is 41.0. The monoisotopic (exact) mass is 803 g/mol. The number of fused-ring (bicyclic) bond motifs is 2. The number of amides is 3. The highest BCUT2D eigenvalue weighted by molar-refractivity contribution is 6.76. The van der Waals surface area contributed by atoms with Gasteiger partial charge in [0.15, 0.2) is 5.79 Å². The van der Waals surface area contributed by atoms with Crippen molar-refractivity contribution in [2.24, 2.45) is 0 Å². The van der Waals surface area contributed by atoms with Crippen LogP contribution in [0.1, 0.15) is 46.5 Å². The molecule has 1 aromatic heterocycles. The first-order valence-corrected chi connectivity index (χ1v) is 23.9. The average molecular weight is 804 g/mol. The summed E-state index contributed by atoms with van der Waals surface area (Å²) in [6, 6.07) is 34.4. The van der Waals surface area contributed by atoms with Gasteiger partial charge in [-0.15, -0.1) is 0 Å². The Morgan fingerprint density at radius 2 is 1.36 bits per heavy atom. The molecule has 12 heteroatoms. The maximum absolute atomic E-state index is 15.6. The van der Waals surface area contributed by atoms with Crippen LogP contribution in [0.2, 0.25) is 25.7 Å². The molecule has 5 aromatic rings. The van der Waals surface area contributed by atoms with E-state index in [2.05, 4.69) is 67.2 Å². The number of benzene rings is 4. The summed E-state index contributed by atoms with van der Waals surface area (Å²) in [7, 11) is 1.83. The van der Waals surface area contributed by atoms with E-state index in [9.17, 15) is 4.79 Å². The molecule has 58 heavy (non-hydrogen) atoms. The van der Waals surface area contributed by atoms with Crippen molar-refractivity contribution in [3.63, 3.8) is 0 Å². The number of rotatable bonds is 15. The number of hydrogen-bond acceptors (Lipinski definition) is 7. The van der Waals surface area contributed by atoms with Gasteiger partial charge in [-0.25, -0.2) is 14.5 Å². The van der Waals surface area contributed by atoms with Gasteiger partial charge in [0.1, 0.15) is 18.9 Å². The van der Waals surface area contributed by atoms with Crippen LogP contribution >= 0.6 is 0 Å². The Balaban J connectivity index is 1.29. The fourth-order valence-corrected chi connectivity index (χ4v) is 8.83. The fraction of sp³-hybridized carbons (Fsp3) is 0.413. The second kappa shape index (κ2) is 17.6. The molecule has 3 amide bonds. The third-order valence-electron chi connectivity index (χ3n) is 11.1. The van der Waals surface area contributed by atoms with E-state index in [-0.39, 0.29) is 24.5 Å². The summed E-state index contributed by atoms with van der Waals surface area (Å²) in [4.78, 5) is 38.0. The average Bonchev–Trinajstić information content (AvgIpc) is 3.75. The standard InChI is InChI=1S/C46H57N5O6Si/c1-46(2)56-42-40(27-33-15-10-8-11-16-33)49(30-35-19-14-20-37(25-35)44(52)48(3)54-4)45(53)50(41(43(42)57-46)28-34-17-12-9-13-18-34)31-36-21-22-39-38(26-36)29-47-51(39)32-55-23-24-58(5,6)7/h8-22,25-26,29,40-43H,23-24,27-28,30-32H2,1-7H3/t40-,41-,42+,43+/m1/s1. The Bertz CT molecular complexity index is 2170. The molecule has 306 valence electrons. The molecule has 0 unspecified atom stereocenters. The van der Waals surface area contributed by atoms with Crippen LogP contribution in [0.5, 0.6) is 0 Å². The molecule has 2 aliphatic heterocycles. The lowest BCUT2D eigenvalue weighted by Crippen LogP contribution is -2.51. The van der Waals surface area contributed by atoms with Crippen molar-refractivity contribution < 1.29 is 28.6 Å². The SMILES string of the molecule is CON(C)C(=O)c1cccc(CN2C(=O)N(Cc3ccc4c(cnn4COCC[Si](C)(C)C)c3)[C@H](Cc3ccccc3)[C@@H]3OC(C)(C)O[C@H]3[C@H]2Cc2ccccc2)c1. The van der Waals surface area contributed by atoms with Gasteiger partial charge < -0.3 is 24.0 Å². The number of ether oxygens (including phenoxy) is 3. The molecule has 0 radical (unpaired) electrons. The molecule has 4 atom stereocenters. The molecule has 2 saturated heterocycles. The minimum atomic E-state index is -1.21. The van der Waals surface area contributed by atoms with Crippen LogP contribution < -0.4 is 0 Å². The van der Waals surface area contributed by atoms with Crippen molar-refractivity contribution in [3.05, 3.63) is 137 Å². The Kier molecular flexibility index (Phi) is 12.5. The lowest BCUT2D eigenvalue weighted by Gasteiger charge is -2.37. The summed E-state index contributed by atoms with van der Waals surface area (Å²) in [6.45, 7) is 12.6. The van der Waals surface area contributed by atoms with Gasteiger partial charge in [-0.05, 0) is 79.3 Å². The fourth-order valence-electron chi connectivity index (χ4n) is 8.08. The maximum Gasteiger partial charge on any atom is 0.321 e. The number of carbonyl (C=O) groups is 2. The lowest BCUT2D eigenvalue weighted by atomic mass is 9.91. The van der Waals surface area contributed by atoms with Crippen LogP contribution in [-0.4, -0.2) is 95.5 Å². The Hall–Kier alpha value is -4.85. The number of urea groups is 1. The van der Waals surface area contributed by atoms with Crippen LogP contribution in [-0.2, 0) is 51.7 Å². The van der Waals surface area contributed by atoms with Crippen molar-refractivity contribution in [2.45, 2.75) is 102 Å². The molecule has 0 saturated carbocycles. The number of hydroxylamine groups is 2. The van der Waals surface area contributed by atoms with Gasteiger partial charge in [0.05, 0.1) is 30.9 Å². The van der Waals surface area contributed by atoms with Crippen molar-refractivity contribution >= 4 is 30.9 Å². The molecule has 4 aromatic carbocycles. The highest BCUT2D eigenvalue weighted by Crippen LogP contribution is 2.40. The van der Waals surface area contributed by atoms with Crippen LogP contribution in [0.15, 0.2) is 109 Å². The first kappa shape index (κ1) is 41.3.